The molecule has 0 saturated carbocycles. The first-order chi connectivity index (χ1) is 6.00. The molecule has 6 heteroatoms. The van der Waals surface area contributed by atoms with E-state index in [4.69, 9.17) is 0 Å². The van der Waals surface area contributed by atoms with Crippen LogP contribution in [0.2, 0.25) is 0 Å². The van der Waals surface area contributed by atoms with Gasteiger partial charge >= 0.3 is 0 Å². The van der Waals surface area contributed by atoms with Crippen LogP contribution in [0.1, 0.15) is 0 Å². The van der Waals surface area contributed by atoms with Crippen molar-refractivity contribution in [3.63, 3.8) is 0 Å². The number of hydrogen-bond donors (Lipinski definition) is 1. The van der Waals surface area contributed by atoms with Crippen molar-refractivity contribution in [2.75, 3.05) is 18.2 Å². The lowest BCUT2D eigenvalue weighted by molar-refractivity contribution is 0.0174. The molecule has 0 aromatic heterocycles. The molecule has 2 aliphatic heterocycles. The van der Waals surface area contributed by atoms with Crippen molar-refractivity contribution < 1.29 is 9.57 Å². The molecule has 0 radical (unpaired) electrons. The van der Waals surface area contributed by atoms with Gasteiger partial charge in [0, 0.05) is 11.5 Å². The molecule has 4 nitrogen and oxygen atoms in total. The van der Waals surface area contributed by atoms with Crippen molar-refractivity contribution in [2.24, 2.45) is 4.40 Å². The molecular formula is C6H10N2O2S2. The number of nitrogens with zero attached hydrogens (tertiary/aromatic N) is 1. The second-order valence-corrected chi connectivity index (χ2v) is 3.59. The summed E-state index contributed by atoms with van der Waals surface area (Å²) < 4.78 is 8.58. The standard InChI is InChI=1S/C3H5NO2.C3H5NS2/c2*1-2-6-4-3-5-1/h1-2,4H,3H2;3H,1-2H2. The fourth-order valence-corrected chi connectivity index (χ4v) is 1.86. The molecule has 0 atom stereocenters. The topological polar surface area (TPSA) is 42.8 Å². The third kappa shape index (κ3) is 5.34. The van der Waals surface area contributed by atoms with Crippen LogP contribution >= 0.6 is 23.7 Å². The lowest BCUT2D eigenvalue weighted by Crippen LogP contribution is -2.16. The van der Waals surface area contributed by atoms with Crippen molar-refractivity contribution >= 4 is 29.3 Å². The molecule has 0 aromatic rings. The molecule has 68 valence electrons. The van der Waals surface area contributed by atoms with Gasteiger partial charge in [0.15, 0.2) is 6.73 Å². The summed E-state index contributed by atoms with van der Waals surface area (Å²) in [4.78, 5) is 4.51. The molecule has 12 heavy (non-hydrogen) atoms. The zero-order valence-electron chi connectivity index (χ0n) is 6.43. The molecule has 0 spiro atoms. The number of rotatable bonds is 0. The Morgan fingerprint density at radius 1 is 1.33 bits per heavy atom. The number of nitrogens with one attached hydrogen (secondary N) is 1. The molecule has 1 N–H and O–H groups in total. The predicted molar refractivity (Wildman–Crippen MR) is 52.7 cm³/mol. The molecule has 0 saturated heterocycles. The molecule has 2 heterocycles. The van der Waals surface area contributed by atoms with E-state index in [0.29, 0.717) is 6.73 Å². The van der Waals surface area contributed by atoms with E-state index in [2.05, 4.69) is 19.5 Å². The monoisotopic (exact) mass is 206 g/mol. The average Bonchev–Trinajstić information content (AvgIpc) is 2.24. The SMILES string of the molecule is C1=CONCO1.C1=NSCCS1. The van der Waals surface area contributed by atoms with E-state index in [1.165, 1.54) is 24.0 Å². The van der Waals surface area contributed by atoms with Crippen molar-refractivity contribution in [1.82, 2.24) is 5.48 Å². The Kier molecular flexibility index (Phi) is 5.96. The van der Waals surface area contributed by atoms with Gasteiger partial charge in [-0.05, 0) is 11.9 Å². The van der Waals surface area contributed by atoms with E-state index >= 15 is 0 Å². The van der Waals surface area contributed by atoms with Crippen molar-refractivity contribution in [1.29, 1.82) is 0 Å². The van der Waals surface area contributed by atoms with Gasteiger partial charge in [0.25, 0.3) is 0 Å². The Morgan fingerprint density at radius 3 is 2.50 bits per heavy atom. The van der Waals surface area contributed by atoms with Crippen LogP contribution in [0.25, 0.3) is 0 Å². The highest BCUT2D eigenvalue weighted by Gasteiger charge is 1.89. The van der Waals surface area contributed by atoms with Crippen LogP contribution in [0.3, 0.4) is 0 Å². The molecule has 2 aliphatic rings. The molecule has 0 aliphatic carbocycles. The largest absolute Gasteiger partial charge is 0.480 e. The van der Waals surface area contributed by atoms with E-state index in [0.717, 1.165) is 0 Å². The number of hydroxylamine groups is 1. The fraction of sp³-hybridized carbons (Fsp3) is 0.500. The first kappa shape index (κ1) is 9.76. The summed E-state index contributed by atoms with van der Waals surface area (Å²) in [6, 6.07) is 0. The van der Waals surface area contributed by atoms with Gasteiger partial charge in [-0.15, -0.1) is 17.2 Å². The summed E-state index contributed by atoms with van der Waals surface area (Å²) in [5.41, 5.74) is 4.37. The number of thioether (sulfide) groups is 1. The Bertz CT molecular complexity index is 130. The molecular weight excluding hydrogens is 196 g/mol. The summed E-state index contributed by atoms with van der Waals surface area (Å²) in [5, 5.41) is 0. The molecule has 0 bridgehead atoms. The zero-order valence-corrected chi connectivity index (χ0v) is 8.07. The average molecular weight is 206 g/mol. The molecule has 0 unspecified atom stereocenters. The van der Waals surface area contributed by atoms with Crippen molar-refractivity contribution in [3.8, 4) is 0 Å². The van der Waals surface area contributed by atoms with Gasteiger partial charge in [-0.25, -0.2) is 4.40 Å². The second kappa shape index (κ2) is 7.33. The van der Waals surface area contributed by atoms with Gasteiger partial charge in [0.1, 0.15) is 12.5 Å². The van der Waals surface area contributed by atoms with Gasteiger partial charge in [-0.3, -0.25) is 0 Å². The maximum atomic E-state index is 4.65. The van der Waals surface area contributed by atoms with Crippen molar-refractivity contribution in [2.45, 2.75) is 0 Å². The number of hydrogen-bond acceptors (Lipinski definition) is 6. The van der Waals surface area contributed by atoms with Gasteiger partial charge in [0.2, 0.25) is 0 Å². The second-order valence-electron chi connectivity index (χ2n) is 1.76. The summed E-state index contributed by atoms with van der Waals surface area (Å²) in [6.07, 6.45) is 2.92. The Balaban J connectivity index is 0.000000120. The highest BCUT2D eigenvalue weighted by atomic mass is 32.2. The first-order valence-corrected chi connectivity index (χ1v) is 5.40. The van der Waals surface area contributed by atoms with Crippen LogP contribution in [-0.4, -0.2) is 23.8 Å². The molecule has 0 amide bonds. The normalized spacial score (nSPS) is 20.0. The van der Waals surface area contributed by atoms with Crippen LogP contribution in [0.4, 0.5) is 0 Å². The minimum absolute atomic E-state index is 0.441. The zero-order chi connectivity index (χ0) is 8.49. The van der Waals surface area contributed by atoms with Crippen molar-refractivity contribution in [3.05, 3.63) is 12.5 Å². The Morgan fingerprint density at radius 2 is 2.33 bits per heavy atom. The van der Waals surface area contributed by atoms with Gasteiger partial charge in [0.05, 0.1) is 5.55 Å². The van der Waals surface area contributed by atoms with E-state index in [9.17, 15) is 0 Å². The van der Waals surface area contributed by atoms with Gasteiger partial charge < -0.3 is 9.57 Å². The first-order valence-electron chi connectivity index (χ1n) is 3.40. The van der Waals surface area contributed by atoms with Crippen LogP contribution in [0.5, 0.6) is 0 Å². The third-order valence-corrected chi connectivity index (χ3v) is 2.66. The summed E-state index contributed by atoms with van der Waals surface area (Å²) in [6.45, 7) is 0.441. The highest BCUT2D eigenvalue weighted by Crippen LogP contribution is 2.11. The number of ether oxygens (including phenoxy) is 1. The van der Waals surface area contributed by atoms with E-state index in [1.807, 2.05) is 5.55 Å². The van der Waals surface area contributed by atoms with Gasteiger partial charge in [-0.2, -0.15) is 0 Å². The maximum absolute atomic E-state index is 4.65. The Labute approximate surface area is 79.9 Å². The third-order valence-electron chi connectivity index (χ3n) is 0.930. The summed E-state index contributed by atoms with van der Waals surface area (Å²) in [7, 11) is 0. The molecule has 2 rings (SSSR count). The van der Waals surface area contributed by atoms with Crippen LogP contribution in [-0.2, 0) is 9.57 Å². The fourth-order valence-electron chi connectivity index (χ4n) is 0.483. The Hall–Kier alpha value is -0.330. The van der Waals surface area contributed by atoms with Crippen LogP contribution < -0.4 is 5.48 Å². The van der Waals surface area contributed by atoms with E-state index in [1.54, 1.807) is 23.7 Å². The molecule has 0 aromatic carbocycles. The summed E-state index contributed by atoms with van der Waals surface area (Å²) in [5.74, 6) is 2.41. The van der Waals surface area contributed by atoms with E-state index in [-0.39, 0.29) is 0 Å². The maximum Gasteiger partial charge on any atom is 0.170 e. The van der Waals surface area contributed by atoms with Crippen LogP contribution in [0, 0.1) is 0 Å². The van der Waals surface area contributed by atoms with E-state index < -0.39 is 0 Å². The smallest absolute Gasteiger partial charge is 0.170 e. The van der Waals surface area contributed by atoms with Crippen LogP contribution in [0.15, 0.2) is 16.9 Å². The lowest BCUT2D eigenvalue weighted by Gasteiger charge is -2.05. The summed E-state index contributed by atoms with van der Waals surface area (Å²) >= 11 is 3.43. The predicted octanol–water partition coefficient (Wildman–Crippen LogP) is 1.38. The quantitative estimate of drug-likeness (QED) is 0.606. The molecule has 0 fully saturated rings. The lowest BCUT2D eigenvalue weighted by atomic mass is 11.0. The minimum atomic E-state index is 0.441. The minimum Gasteiger partial charge on any atom is -0.480 e. The van der Waals surface area contributed by atoms with Gasteiger partial charge in [-0.1, -0.05) is 0 Å². The highest BCUT2D eigenvalue weighted by molar-refractivity contribution is 8.14.